The van der Waals surface area contributed by atoms with Crippen molar-refractivity contribution in [3.63, 3.8) is 0 Å². The summed E-state index contributed by atoms with van der Waals surface area (Å²) in [5.41, 5.74) is 0.559. The molecule has 0 aliphatic carbocycles. The molecule has 0 spiro atoms. The third-order valence-corrected chi connectivity index (χ3v) is 6.69. The third kappa shape index (κ3) is 6.54. The second kappa shape index (κ2) is 11.1. The maximum atomic E-state index is 12.3. The zero-order valence-electron chi connectivity index (χ0n) is 15.5. The van der Waals surface area contributed by atoms with Crippen LogP contribution in [-0.4, -0.2) is 34.2 Å². The molecular formula is C20H21N3O2S3. The summed E-state index contributed by atoms with van der Waals surface area (Å²) in [6, 6.07) is 17.4. The van der Waals surface area contributed by atoms with Gasteiger partial charge in [-0.25, -0.2) is 0 Å². The van der Waals surface area contributed by atoms with Crippen molar-refractivity contribution in [3.05, 3.63) is 60.2 Å². The van der Waals surface area contributed by atoms with Gasteiger partial charge in [0.25, 0.3) is 5.91 Å². The highest BCUT2D eigenvalue weighted by Gasteiger charge is 2.10. The van der Waals surface area contributed by atoms with Crippen LogP contribution in [0.3, 0.4) is 0 Å². The third-order valence-electron chi connectivity index (χ3n) is 3.54. The lowest BCUT2D eigenvalue weighted by Crippen LogP contribution is -2.11. The summed E-state index contributed by atoms with van der Waals surface area (Å²) in [5.74, 6) is 2.41. The van der Waals surface area contributed by atoms with Gasteiger partial charge in [-0.2, -0.15) is 0 Å². The molecule has 0 unspecified atom stereocenters. The van der Waals surface area contributed by atoms with E-state index >= 15 is 0 Å². The summed E-state index contributed by atoms with van der Waals surface area (Å²) >= 11 is 4.80. The van der Waals surface area contributed by atoms with E-state index in [2.05, 4.69) is 34.6 Å². The van der Waals surface area contributed by atoms with Crippen LogP contribution in [0.5, 0.6) is 5.75 Å². The topological polar surface area (TPSA) is 64.1 Å². The summed E-state index contributed by atoms with van der Waals surface area (Å²) < 4.78 is 6.62. The second-order valence-electron chi connectivity index (χ2n) is 5.71. The summed E-state index contributed by atoms with van der Waals surface area (Å²) in [4.78, 5) is 13.6. The molecule has 0 bridgehead atoms. The Morgan fingerprint density at radius 1 is 1.04 bits per heavy atom. The fourth-order valence-electron chi connectivity index (χ4n) is 2.22. The maximum Gasteiger partial charge on any atom is 0.257 e. The van der Waals surface area contributed by atoms with Crippen LogP contribution in [0.2, 0.25) is 0 Å². The van der Waals surface area contributed by atoms with Gasteiger partial charge in [0.15, 0.2) is 4.34 Å². The average Bonchev–Trinajstić information content (AvgIpc) is 3.18. The van der Waals surface area contributed by atoms with E-state index in [9.17, 15) is 4.79 Å². The van der Waals surface area contributed by atoms with E-state index in [1.807, 2.05) is 30.3 Å². The van der Waals surface area contributed by atoms with Crippen LogP contribution < -0.4 is 10.1 Å². The Morgan fingerprint density at radius 3 is 2.57 bits per heavy atom. The van der Waals surface area contributed by atoms with Crippen molar-refractivity contribution >= 4 is 45.9 Å². The van der Waals surface area contributed by atoms with Crippen LogP contribution in [0, 0.1) is 0 Å². The van der Waals surface area contributed by atoms with Gasteiger partial charge in [-0.05, 0) is 42.8 Å². The molecule has 1 amide bonds. The number of carbonyl (C=O) groups excluding carboxylic acids is 1. The number of nitrogens with one attached hydrogen (secondary N) is 1. The van der Waals surface area contributed by atoms with Crippen molar-refractivity contribution in [2.45, 2.75) is 22.6 Å². The number of amides is 1. The lowest BCUT2D eigenvalue weighted by atomic mass is 10.2. The Morgan fingerprint density at radius 2 is 1.82 bits per heavy atom. The van der Waals surface area contributed by atoms with Crippen molar-refractivity contribution in [2.75, 3.05) is 23.4 Å². The average molecular weight is 432 g/mol. The highest BCUT2D eigenvalue weighted by atomic mass is 32.2. The second-order valence-corrected chi connectivity index (χ2v) is 9.20. The molecule has 3 aromatic rings. The number of hydrogen-bond acceptors (Lipinski definition) is 7. The minimum Gasteiger partial charge on any atom is -0.493 e. The number of anilines is 1. The van der Waals surface area contributed by atoms with Gasteiger partial charge in [0.1, 0.15) is 5.75 Å². The minimum atomic E-state index is -0.200. The van der Waals surface area contributed by atoms with Crippen LogP contribution in [0.1, 0.15) is 23.7 Å². The number of rotatable bonds is 10. The first-order chi connectivity index (χ1) is 13.7. The summed E-state index contributed by atoms with van der Waals surface area (Å²) in [5, 5.41) is 11.4. The zero-order valence-corrected chi connectivity index (χ0v) is 17.9. The minimum absolute atomic E-state index is 0.200. The summed E-state index contributed by atoms with van der Waals surface area (Å²) in [6.45, 7) is 2.72. The van der Waals surface area contributed by atoms with E-state index in [1.165, 1.54) is 16.2 Å². The van der Waals surface area contributed by atoms with E-state index in [0.717, 1.165) is 28.0 Å². The molecule has 2 aromatic carbocycles. The molecule has 1 heterocycles. The molecule has 0 atom stereocenters. The zero-order chi connectivity index (χ0) is 19.6. The lowest BCUT2D eigenvalue weighted by Gasteiger charge is -2.07. The lowest BCUT2D eigenvalue weighted by molar-refractivity contribution is 0.102. The maximum absolute atomic E-state index is 12.3. The predicted octanol–water partition coefficient (Wildman–Crippen LogP) is 5.46. The molecular weight excluding hydrogens is 410 g/mol. The SMILES string of the molecule is CCCSc1nnc(NC(=O)c2ccc(OCCSc3ccccc3)cc2)s1. The fourth-order valence-corrected chi connectivity index (χ4v) is 4.64. The Balaban J connectivity index is 1.44. The number of ether oxygens (including phenoxy) is 1. The number of carbonyl (C=O) groups is 1. The highest BCUT2D eigenvalue weighted by Crippen LogP contribution is 2.26. The number of aromatic nitrogens is 2. The first-order valence-corrected chi connectivity index (χ1v) is 11.7. The Hall–Kier alpha value is -2.03. The first kappa shape index (κ1) is 20.7. The smallest absolute Gasteiger partial charge is 0.257 e. The molecule has 0 radical (unpaired) electrons. The number of benzene rings is 2. The van der Waals surface area contributed by atoms with Crippen molar-refractivity contribution < 1.29 is 9.53 Å². The Kier molecular flexibility index (Phi) is 8.20. The molecule has 0 fully saturated rings. The van der Waals surface area contributed by atoms with Gasteiger partial charge in [0, 0.05) is 22.0 Å². The van der Waals surface area contributed by atoms with Gasteiger partial charge in [-0.1, -0.05) is 48.2 Å². The van der Waals surface area contributed by atoms with Crippen LogP contribution in [0.15, 0.2) is 63.8 Å². The Bertz CT molecular complexity index is 870. The molecule has 3 rings (SSSR count). The molecule has 0 aliphatic heterocycles. The molecule has 8 heteroatoms. The van der Waals surface area contributed by atoms with E-state index in [0.29, 0.717) is 17.3 Å². The van der Waals surface area contributed by atoms with Gasteiger partial charge in [0.2, 0.25) is 5.13 Å². The van der Waals surface area contributed by atoms with Crippen LogP contribution in [0.25, 0.3) is 0 Å². The predicted molar refractivity (Wildman–Crippen MR) is 118 cm³/mol. The number of thioether (sulfide) groups is 2. The van der Waals surface area contributed by atoms with E-state index in [1.54, 1.807) is 35.7 Å². The normalized spacial score (nSPS) is 10.6. The number of nitrogens with zero attached hydrogens (tertiary/aromatic N) is 2. The van der Waals surface area contributed by atoms with Gasteiger partial charge in [-0.15, -0.1) is 22.0 Å². The van der Waals surface area contributed by atoms with Crippen LogP contribution >= 0.6 is 34.9 Å². The van der Waals surface area contributed by atoms with E-state index in [-0.39, 0.29) is 5.91 Å². The molecule has 1 N–H and O–H groups in total. The standard InChI is InChI=1S/C20H21N3O2S3/c1-2-13-27-20-23-22-19(28-20)21-18(24)15-8-10-16(11-9-15)25-12-14-26-17-6-4-3-5-7-17/h3-11H,2,12-14H2,1H3,(H,21,22,24). The Labute approximate surface area is 177 Å². The van der Waals surface area contributed by atoms with Crippen molar-refractivity contribution in [1.82, 2.24) is 10.2 Å². The van der Waals surface area contributed by atoms with Gasteiger partial charge < -0.3 is 4.74 Å². The van der Waals surface area contributed by atoms with E-state index < -0.39 is 0 Å². The molecule has 146 valence electrons. The van der Waals surface area contributed by atoms with Gasteiger partial charge in [0.05, 0.1) is 6.61 Å². The summed E-state index contributed by atoms with van der Waals surface area (Å²) in [6.07, 6.45) is 1.07. The highest BCUT2D eigenvalue weighted by molar-refractivity contribution is 8.01. The molecule has 0 saturated carbocycles. The van der Waals surface area contributed by atoms with Crippen molar-refractivity contribution in [3.8, 4) is 5.75 Å². The van der Waals surface area contributed by atoms with Gasteiger partial charge in [-0.3, -0.25) is 10.1 Å². The molecule has 0 aliphatic rings. The summed E-state index contributed by atoms with van der Waals surface area (Å²) in [7, 11) is 0. The monoisotopic (exact) mass is 431 g/mol. The van der Waals surface area contributed by atoms with Crippen LogP contribution in [0.4, 0.5) is 5.13 Å². The largest absolute Gasteiger partial charge is 0.493 e. The first-order valence-electron chi connectivity index (χ1n) is 8.93. The molecule has 0 saturated heterocycles. The fraction of sp³-hybridized carbons (Fsp3) is 0.250. The van der Waals surface area contributed by atoms with Crippen molar-refractivity contribution in [2.24, 2.45) is 0 Å². The molecule has 28 heavy (non-hydrogen) atoms. The van der Waals surface area contributed by atoms with E-state index in [4.69, 9.17) is 4.74 Å². The molecule has 5 nitrogen and oxygen atoms in total. The van der Waals surface area contributed by atoms with Gasteiger partial charge >= 0.3 is 0 Å². The number of hydrogen-bond donors (Lipinski definition) is 1. The quantitative estimate of drug-likeness (QED) is 0.261. The van der Waals surface area contributed by atoms with Crippen molar-refractivity contribution in [1.29, 1.82) is 0 Å². The molecule has 1 aromatic heterocycles. The van der Waals surface area contributed by atoms with Crippen LogP contribution in [-0.2, 0) is 0 Å².